The van der Waals surface area contributed by atoms with Crippen LogP contribution in [0.1, 0.15) is 366 Å². The Morgan fingerprint density at radius 2 is 0.312 bits per heavy atom. The molecule has 0 heterocycles. The van der Waals surface area contributed by atoms with Crippen LogP contribution in [-0.4, -0.2) is 81.1 Å². The van der Waals surface area contributed by atoms with Crippen LogP contribution in [0.4, 0.5) is 0 Å². The molecule has 0 atom stereocenters. The summed E-state index contributed by atoms with van der Waals surface area (Å²) in [6, 6.07) is 0. The number of rotatable bonds is 52. The number of unbranched alkanes of at least 4 members (excludes halogenated alkanes) is 40. The van der Waals surface area contributed by atoms with Crippen LogP contribution in [0, 0.1) is 0 Å². The molecule has 0 rings (SSSR count). The average Bonchev–Trinajstić information content (AvgIpc) is 3.35. The van der Waals surface area contributed by atoms with Gasteiger partial charge in [0, 0.05) is 46.1 Å². The fourth-order valence-electron chi connectivity index (χ4n) is 7.71. The van der Waals surface area contributed by atoms with Crippen LogP contribution in [0.2, 0.25) is 0 Å². The molecule has 0 amide bonds. The number of hydrogen-bond acceptors (Lipinski definition) is 10. The van der Waals surface area contributed by atoms with Gasteiger partial charge in [0.2, 0.25) is 0 Å². The van der Waals surface area contributed by atoms with Crippen LogP contribution in [0.5, 0.6) is 0 Å². The average molecular weight is 1180 g/mol. The molecule has 77 heavy (non-hydrogen) atoms. The van der Waals surface area contributed by atoms with Gasteiger partial charge in [0.05, 0.1) is 26.4 Å². The summed E-state index contributed by atoms with van der Waals surface area (Å²) >= 11 is 0. The molecule has 0 saturated heterocycles. The van der Waals surface area contributed by atoms with Gasteiger partial charge in [0.15, 0.2) is 0 Å². The summed E-state index contributed by atoms with van der Waals surface area (Å²) < 4.78 is 21.7. The Bertz CT molecular complexity index is 764. The molecular formula is C64H142O10P2Ti. The summed E-state index contributed by atoms with van der Waals surface area (Å²) in [5.74, 6) is 0. The Morgan fingerprint density at radius 3 is 0.416 bits per heavy atom. The van der Waals surface area contributed by atoms with E-state index in [2.05, 4.69) is 27.7 Å². The van der Waals surface area contributed by atoms with Crippen molar-refractivity contribution in [1.82, 2.24) is 0 Å². The SMILES string of the molecule is CC(C)O.CC(C)O.CC(C)O.CC(C)O.CCCCCCCCCCCCCOP(O)OCCCCCCCCCCCCC.CCCCCCCCCCCCCOP(O)OCCCCCCCCCCCCC.[Ti]. The third-order valence-corrected chi connectivity index (χ3v) is 13.4. The van der Waals surface area contributed by atoms with Gasteiger partial charge < -0.3 is 48.3 Å². The number of aliphatic hydroxyl groups excluding tert-OH is 4. The van der Waals surface area contributed by atoms with Crippen LogP contribution in [0.15, 0.2) is 0 Å². The van der Waals surface area contributed by atoms with E-state index in [0.717, 1.165) is 25.7 Å². The van der Waals surface area contributed by atoms with E-state index < -0.39 is 17.2 Å². The van der Waals surface area contributed by atoms with E-state index in [0.29, 0.717) is 26.4 Å². The van der Waals surface area contributed by atoms with Crippen molar-refractivity contribution >= 4 is 17.2 Å². The molecule has 0 spiro atoms. The predicted molar refractivity (Wildman–Crippen MR) is 337 cm³/mol. The third kappa shape index (κ3) is 133. The van der Waals surface area contributed by atoms with E-state index in [9.17, 15) is 9.79 Å². The molecule has 0 aromatic carbocycles. The topological polar surface area (TPSA) is 158 Å². The van der Waals surface area contributed by atoms with Crippen LogP contribution < -0.4 is 0 Å². The van der Waals surface area contributed by atoms with Gasteiger partial charge in [-0.15, -0.1) is 0 Å². The first kappa shape index (κ1) is 91.9. The van der Waals surface area contributed by atoms with E-state index in [1.54, 1.807) is 55.4 Å². The van der Waals surface area contributed by atoms with E-state index in [-0.39, 0.29) is 46.1 Å². The van der Waals surface area contributed by atoms with Crippen molar-refractivity contribution in [3.8, 4) is 0 Å². The zero-order chi connectivity index (χ0) is 58.2. The van der Waals surface area contributed by atoms with Gasteiger partial charge in [0.1, 0.15) is 0 Å². The van der Waals surface area contributed by atoms with E-state index in [1.165, 1.54) is 257 Å². The summed E-state index contributed by atoms with van der Waals surface area (Å²) in [6.07, 6.45) is 57.9. The van der Waals surface area contributed by atoms with E-state index >= 15 is 0 Å². The minimum atomic E-state index is -1.66. The van der Waals surface area contributed by atoms with Crippen molar-refractivity contribution in [2.45, 2.75) is 390 Å². The van der Waals surface area contributed by atoms with Gasteiger partial charge in [-0.1, -0.05) is 285 Å². The molecule has 10 nitrogen and oxygen atoms in total. The summed E-state index contributed by atoms with van der Waals surface area (Å²) in [7, 11) is -3.31. The number of aliphatic hydroxyl groups is 4. The molecule has 0 unspecified atom stereocenters. The maximum absolute atomic E-state index is 9.79. The Kier molecular flexibility index (Phi) is 106. The van der Waals surface area contributed by atoms with Gasteiger partial charge in [-0.05, 0) is 81.1 Å². The van der Waals surface area contributed by atoms with Crippen LogP contribution in [-0.2, 0) is 39.8 Å². The summed E-state index contributed by atoms with van der Waals surface area (Å²) in [5, 5.41) is 32.2. The predicted octanol–water partition coefficient (Wildman–Crippen LogP) is 21.3. The second kappa shape index (κ2) is 88.4. The van der Waals surface area contributed by atoms with Crippen LogP contribution in [0.3, 0.4) is 0 Å². The van der Waals surface area contributed by atoms with Gasteiger partial charge in [-0.3, -0.25) is 0 Å². The summed E-state index contributed by atoms with van der Waals surface area (Å²) in [5.41, 5.74) is 0. The van der Waals surface area contributed by atoms with Crippen molar-refractivity contribution in [2.24, 2.45) is 0 Å². The first-order valence-corrected chi connectivity index (χ1v) is 35.0. The molecular weight excluding hydrogens is 1040 g/mol. The van der Waals surface area contributed by atoms with Crippen LogP contribution in [0.25, 0.3) is 0 Å². The quantitative estimate of drug-likeness (QED) is 0.0197. The number of hydrogen-bond donors (Lipinski definition) is 6. The summed E-state index contributed by atoms with van der Waals surface area (Å²) in [4.78, 5) is 19.6. The Hall–Kier alpha value is 1.17. The second-order valence-corrected chi connectivity index (χ2v) is 24.3. The monoisotopic (exact) mass is 1180 g/mol. The molecule has 0 aliphatic rings. The van der Waals surface area contributed by atoms with Gasteiger partial charge >= 0.3 is 17.2 Å². The van der Waals surface area contributed by atoms with Crippen molar-refractivity contribution < 1.29 is 70.0 Å². The van der Waals surface area contributed by atoms with Crippen molar-refractivity contribution in [3.63, 3.8) is 0 Å². The van der Waals surface area contributed by atoms with Crippen molar-refractivity contribution in [3.05, 3.63) is 0 Å². The smallest absolute Gasteiger partial charge is 0.329 e. The molecule has 0 fully saturated rings. The van der Waals surface area contributed by atoms with Crippen LogP contribution >= 0.6 is 17.2 Å². The maximum Gasteiger partial charge on any atom is 0.329 e. The molecule has 0 bridgehead atoms. The third-order valence-electron chi connectivity index (χ3n) is 11.8. The molecule has 0 aromatic heterocycles. The molecule has 472 valence electrons. The normalized spacial score (nSPS) is 10.9. The molecule has 0 aromatic rings. The van der Waals surface area contributed by atoms with E-state index in [1.807, 2.05) is 0 Å². The van der Waals surface area contributed by atoms with Gasteiger partial charge in [0.25, 0.3) is 0 Å². The first-order chi connectivity index (χ1) is 36.5. The van der Waals surface area contributed by atoms with Crippen molar-refractivity contribution in [2.75, 3.05) is 26.4 Å². The fraction of sp³-hybridized carbons (Fsp3) is 1.00. The molecule has 13 heteroatoms. The first-order valence-electron chi connectivity index (χ1n) is 32.8. The fourth-order valence-corrected chi connectivity index (χ4v) is 9.00. The Morgan fingerprint density at radius 1 is 0.221 bits per heavy atom. The zero-order valence-corrected chi connectivity index (χ0v) is 57.3. The molecule has 6 N–H and O–H groups in total. The Balaban J connectivity index is -0.000000196. The van der Waals surface area contributed by atoms with E-state index in [4.69, 9.17) is 38.5 Å². The Labute approximate surface area is 501 Å². The minimum absolute atomic E-state index is 0. The summed E-state index contributed by atoms with van der Waals surface area (Å²) in [6.45, 7) is 25.4. The van der Waals surface area contributed by atoms with Gasteiger partial charge in [-0.2, -0.15) is 0 Å². The van der Waals surface area contributed by atoms with Crippen molar-refractivity contribution in [1.29, 1.82) is 0 Å². The maximum atomic E-state index is 9.79. The molecule has 0 aliphatic carbocycles. The standard InChI is InChI=1S/2C26H55O3P.4C3H8O.Ti/c2*1-3-5-7-9-11-13-15-17-19-21-23-25-28-30(27)29-26-24-22-20-18-16-14-12-10-8-6-4-2;4*1-3(2)4;/h2*27H,3-26H2,1-2H3;4*3-4H,1-2H3;. The zero-order valence-electron chi connectivity index (χ0n) is 54.0. The molecule has 0 saturated carbocycles. The minimum Gasteiger partial charge on any atom is -0.394 e. The second-order valence-electron chi connectivity index (χ2n) is 22.3. The van der Waals surface area contributed by atoms with Gasteiger partial charge in [-0.25, -0.2) is 0 Å². The largest absolute Gasteiger partial charge is 0.394 e. The molecule has 0 aliphatic heterocycles. The molecule has 0 radical (unpaired) electrons.